The number of alkyl halides is 3. The minimum atomic E-state index is -4.89. The van der Waals surface area contributed by atoms with E-state index in [1.165, 1.54) is 6.07 Å². The zero-order valence-electron chi connectivity index (χ0n) is 8.95. The monoisotopic (exact) mass is 268 g/mol. The highest BCUT2D eigenvalue weighted by Crippen LogP contribution is 2.36. The van der Waals surface area contributed by atoms with Crippen LogP contribution in [0.1, 0.15) is 24.5 Å². The minimum absolute atomic E-state index is 0.0233. The van der Waals surface area contributed by atoms with Gasteiger partial charge >= 0.3 is 6.18 Å². The highest BCUT2D eigenvalue weighted by Gasteiger charge is 2.37. The van der Waals surface area contributed by atoms with Gasteiger partial charge in [-0.2, -0.15) is 21.6 Å². The van der Waals surface area contributed by atoms with Crippen LogP contribution >= 0.6 is 0 Å². The molecule has 0 amide bonds. The first-order valence-electron chi connectivity index (χ1n) is 4.84. The van der Waals surface area contributed by atoms with E-state index in [-0.39, 0.29) is 12.0 Å². The number of halogens is 3. The summed E-state index contributed by atoms with van der Waals surface area (Å²) in [6, 6.07) is 3.03. The first kappa shape index (κ1) is 14.0. The molecule has 1 aromatic carbocycles. The molecule has 1 N–H and O–H groups in total. The lowest BCUT2D eigenvalue weighted by Crippen LogP contribution is -2.15. The summed E-state index contributed by atoms with van der Waals surface area (Å²) < 4.78 is 68.9. The summed E-state index contributed by atoms with van der Waals surface area (Å²) in [5.74, 6) is 0. The molecule has 0 aliphatic heterocycles. The molecule has 17 heavy (non-hydrogen) atoms. The second-order valence-corrected chi connectivity index (χ2v) is 4.88. The maximum absolute atomic E-state index is 12.6. The number of benzene rings is 1. The third kappa shape index (κ3) is 3.19. The highest BCUT2D eigenvalue weighted by atomic mass is 32.2. The Balaban J connectivity index is 3.58. The van der Waals surface area contributed by atoms with Gasteiger partial charge < -0.3 is 0 Å². The van der Waals surface area contributed by atoms with Crippen LogP contribution in [0.2, 0.25) is 0 Å². The van der Waals surface area contributed by atoms with E-state index in [4.69, 9.17) is 4.55 Å². The van der Waals surface area contributed by atoms with E-state index >= 15 is 0 Å². The van der Waals surface area contributed by atoms with Gasteiger partial charge in [-0.15, -0.1) is 0 Å². The van der Waals surface area contributed by atoms with Crippen molar-refractivity contribution in [1.29, 1.82) is 0 Å². The summed E-state index contributed by atoms with van der Waals surface area (Å²) >= 11 is 0. The lowest BCUT2D eigenvalue weighted by atomic mass is 10.1. The summed E-state index contributed by atoms with van der Waals surface area (Å²) in [5, 5.41) is 0. The Labute approximate surface area is 97.0 Å². The van der Waals surface area contributed by atoms with Gasteiger partial charge in [0.05, 0.1) is 5.56 Å². The molecule has 7 heteroatoms. The highest BCUT2D eigenvalue weighted by molar-refractivity contribution is 7.86. The number of rotatable bonds is 3. The molecule has 96 valence electrons. The van der Waals surface area contributed by atoms with Gasteiger partial charge in [0.25, 0.3) is 10.1 Å². The SMILES string of the molecule is CCCc1cccc(C(F)(F)F)c1S(=O)(=O)O. The van der Waals surface area contributed by atoms with Crippen molar-refractivity contribution >= 4 is 10.1 Å². The molecular formula is C10H11F3O3S. The van der Waals surface area contributed by atoms with Crippen molar-refractivity contribution in [3.63, 3.8) is 0 Å². The van der Waals surface area contributed by atoms with Crippen LogP contribution in [0, 0.1) is 0 Å². The summed E-state index contributed by atoms with van der Waals surface area (Å²) in [6.07, 6.45) is -4.18. The van der Waals surface area contributed by atoms with Crippen LogP contribution in [0.15, 0.2) is 23.1 Å². The van der Waals surface area contributed by atoms with Gasteiger partial charge in [-0.1, -0.05) is 25.5 Å². The Morgan fingerprint density at radius 3 is 2.29 bits per heavy atom. The largest absolute Gasteiger partial charge is 0.417 e. The third-order valence-corrected chi connectivity index (χ3v) is 3.18. The van der Waals surface area contributed by atoms with Gasteiger partial charge in [0.15, 0.2) is 0 Å². The Hall–Kier alpha value is -1.08. The van der Waals surface area contributed by atoms with E-state index in [9.17, 15) is 21.6 Å². The average molecular weight is 268 g/mol. The molecule has 1 aromatic rings. The molecule has 0 saturated heterocycles. The van der Waals surface area contributed by atoms with E-state index < -0.39 is 26.8 Å². The van der Waals surface area contributed by atoms with Crippen LogP contribution in [0.4, 0.5) is 13.2 Å². The second-order valence-electron chi connectivity index (χ2n) is 3.52. The maximum Gasteiger partial charge on any atom is 0.417 e. The Kier molecular flexibility index (Phi) is 3.83. The summed E-state index contributed by atoms with van der Waals surface area (Å²) in [4.78, 5) is -1.03. The molecule has 0 aliphatic rings. The fourth-order valence-electron chi connectivity index (χ4n) is 1.58. The van der Waals surface area contributed by atoms with Crippen LogP contribution in [-0.4, -0.2) is 13.0 Å². The maximum atomic E-state index is 12.6. The van der Waals surface area contributed by atoms with E-state index in [0.29, 0.717) is 12.5 Å². The van der Waals surface area contributed by atoms with Crippen molar-refractivity contribution in [3.05, 3.63) is 29.3 Å². The van der Waals surface area contributed by atoms with Gasteiger partial charge in [0.2, 0.25) is 0 Å². The predicted molar refractivity (Wildman–Crippen MR) is 55.3 cm³/mol. The molecule has 0 heterocycles. The molecule has 3 nitrogen and oxygen atoms in total. The summed E-state index contributed by atoms with van der Waals surface area (Å²) in [5.41, 5.74) is -1.35. The average Bonchev–Trinajstić information content (AvgIpc) is 2.14. The second kappa shape index (κ2) is 4.66. The van der Waals surface area contributed by atoms with Crippen molar-refractivity contribution in [2.24, 2.45) is 0 Å². The zero-order chi connectivity index (χ0) is 13.3. The molecule has 0 fully saturated rings. The number of hydrogen-bond acceptors (Lipinski definition) is 2. The van der Waals surface area contributed by atoms with Crippen molar-refractivity contribution in [2.75, 3.05) is 0 Å². The smallest absolute Gasteiger partial charge is 0.282 e. The third-order valence-electron chi connectivity index (χ3n) is 2.18. The Morgan fingerprint density at radius 1 is 1.29 bits per heavy atom. The molecular weight excluding hydrogens is 257 g/mol. The summed E-state index contributed by atoms with van der Waals surface area (Å²) in [7, 11) is -4.89. The van der Waals surface area contributed by atoms with Gasteiger partial charge in [0.1, 0.15) is 4.90 Å². The van der Waals surface area contributed by atoms with Crippen molar-refractivity contribution < 1.29 is 26.1 Å². The van der Waals surface area contributed by atoms with Crippen LogP contribution < -0.4 is 0 Å². The molecule has 0 spiro atoms. The fraction of sp³-hybridized carbons (Fsp3) is 0.400. The molecule has 1 rings (SSSR count). The van der Waals surface area contributed by atoms with Crippen LogP contribution in [0.3, 0.4) is 0 Å². The quantitative estimate of drug-likeness (QED) is 0.857. The lowest BCUT2D eigenvalue weighted by Gasteiger charge is -2.14. The molecule has 0 unspecified atom stereocenters. The van der Waals surface area contributed by atoms with Crippen LogP contribution in [-0.2, 0) is 22.7 Å². The zero-order valence-corrected chi connectivity index (χ0v) is 9.77. The molecule has 0 aliphatic carbocycles. The van der Waals surface area contributed by atoms with Gasteiger partial charge in [-0.3, -0.25) is 4.55 Å². The molecule has 0 aromatic heterocycles. The van der Waals surface area contributed by atoms with Crippen molar-refractivity contribution in [3.8, 4) is 0 Å². The van der Waals surface area contributed by atoms with E-state index in [1.807, 2.05) is 0 Å². The molecule has 0 bridgehead atoms. The van der Waals surface area contributed by atoms with E-state index in [0.717, 1.165) is 6.07 Å². The lowest BCUT2D eigenvalue weighted by molar-refractivity contribution is -0.140. The first-order chi connectivity index (χ1) is 7.68. The number of aryl methyl sites for hydroxylation is 1. The van der Waals surface area contributed by atoms with Crippen LogP contribution in [0.5, 0.6) is 0 Å². The minimum Gasteiger partial charge on any atom is -0.282 e. The van der Waals surface area contributed by atoms with Crippen LogP contribution in [0.25, 0.3) is 0 Å². The van der Waals surface area contributed by atoms with E-state index in [1.54, 1.807) is 6.92 Å². The predicted octanol–water partition coefficient (Wildman–Crippen LogP) is 2.90. The molecule has 0 saturated carbocycles. The van der Waals surface area contributed by atoms with Gasteiger partial charge in [-0.25, -0.2) is 0 Å². The number of hydrogen-bond donors (Lipinski definition) is 1. The van der Waals surface area contributed by atoms with Crippen molar-refractivity contribution in [1.82, 2.24) is 0 Å². The summed E-state index contributed by atoms with van der Waals surface area (Å²) in [6.45, 7) is 1.70. The van der Waals surface area contributed by atoms with Crippen molar-refractivity contribution in [2.45, 2.75) is 30.8 Å². The first-order valence-corrected chi connectivity index (χ1v) is 6.28. The van der Waals surface area contributed by atoms with Gasteiger partial charge in [-0.05, 0) is 18.1 Å². The standard InChI is InChI=1S/C10H11F3O3S/c1-2-4-7-5-3-6-8(10(11,12)13)9(7)17(14,15)16/h3,5-6H,2,4H2,1H3,(H,14,15,16). The Bertz CT molecular complexity index is 506. The molecule has 0 radical (unpaired) electrons. The fourth-order valence-corrected chi connectivity index (χ4v) is 2.54. The normalized spacial score (nSPS) is 12.8. The topological polar surface area (TPSA) is 54.4 Å². The molecule has 0 atom stereocenters. The Morgan fingerprint density at radius 2 is 1.88 bits per heavy atom. The van der Waals surface area contributed by atoms with E-state index in [2.05, 4.69) is 0 Å². The van der Waals surface area contributed by atoms with Gasteiger partial charge in [0, 0.05) is 0 Å².